The molecule has 0 spiro atoms. The molecule has 1 heterocycles. The molecule has 0 aliphatic carbocycles. The maximum atomic E-state index is 10.8. The molecule has 4 heteroatoms. The molecule has 1 atom stereocenters. The molecule has 1 saturated heterocycles. The van der Waals surface area contributed by atoms with Gasteiger partial charge in [0.15, 0.2) is 0 Å². The van der Waals surface area contributed by atoms with E-state index in [1.54, 1.807) is 13.8 Å². The van der Waals surface area contributed by atoms with E-state index in [0.717, 1.165) is 31.6 Å². The van der Waals surface area contributed by atoms with Gasteiger partial charge in [-0.3, -0.25) is 4.79 Å². The Morgan fingerprint density at radius 3 is 2.86 bits per heavy atom. The topological polar surface area (TPSA) is 46.5 Å². The summed E-state index contributed by atoms with van der Waals surface area (Å²) in [4.78, 5) is 10.8. The van der Waals surface area contributed by atoms with E-state index < -0.39 is 10.7 Å². The largest absolute Gasteiger partial charge is 0.480 e. The number of ether oxygens (including phenoxy) is 1. The van der Waals surface area contributed by atoms with Gasteiger partial charge in [0.1, 0.15) is 4.75 Å². The molecule has 0 aromatic rings. The van der Waals surface area contributed by atoms with Gasteiger partial charge in [0, 0.05) is 6.61 Å². The monoisotopic (exact) mass is 218 g/mol. The van der Waals surface area contributed by atoms with Crippen LogP contribution in [0.15, 0.2) is 0 Å². The Morgan fingerprint density at radius 2 is 2.36 bits per heavy atom. The Hall–Kier alpha value is -0.220. The number of thioether (sulfide) groups is 1. The van der Waals surface area contributed by atoms with Crippen LogP contribution in [0.2, 0.25) is 0 Å². The van der Waals surface area contributed by atoms with Gasteiger partial charge in [0.25, 0.3) is 0 Å². The summed E-state index contributed by atoms with van der Waals surface area (Å²) in [6.07, 6.45) is 3.62. The van der Waals surface area contributed by atoms with Crippen molar-refractivity contribution in [2.75, 3.05) is 12.4 Å². The SMILES string of the molecule is CC(C)(SCCC1CCCO1)C(=O)O. The van der Waals surface area contributed by atoms with E-state index in [4.69, 9.17) is 9.84 Å². The fourth-order valence-electron chi connectivity index (χ4n) is 1.38. The van der Waals surface area contributed by atoms with Gasteiger partial charge < -0.3 is 9.84 Å². The molecular weight excluding hydrogens is 200 g/mol. The smallest absolute Gasteiger partial charge is 0.319 e. The maximum absolute atomic E-state index is 10.8. The molecule has 1 fully saturated rings. The third-order valence-electron chi connectivity index (χ3n) is 2.44. The second-order valence-electron chi connectivity index (χ2n) is 4.09. The Balaban J connectivity index is 2.16. The number of aliphatic carboxylic acids is 1. The summed E-state index contributed by atoms with van der Waals surface area (Å²) in [7, 11) is 0. The standard InChI is InChI=1S/C10H18O3S/c1-10(2,9(11)12)14-7-5-8-4-3-6-13-8/h8H,3-7H2,1-2H3,(H,11,12). The van der Waals surface area contributed by atoms with Crippen LogP contribution in [0.25, 0.3) is 0 Å². The first-order chi connectivity index (χ1) is 6.52. The van der Waals surface area contributed by atoms with Gasteiger partial charge in [-0.25, -0.2) is 0 Å². The Morgan fingerprint density at radius 1 is 1.64 bits per heavy atom. The van der Waals surface area contributed by atoms with E-state index in [0.29, 0.717) is 6.10 Å². The van der Waals surface area contributed by atoms with Crippen molar-refractivity contribution in [3.05, 3.63) is 0 Å². The molecule has 14 heavy (non-hydrogen) atoms. The maximum Gasteiger partial charge on any atom is 0.319 e. The van der Waals surface area contributed by atoms with Gasteiger partial charge in [-0.15, -0.1) is 11.8 Å². The summed E-state index contributed by atoms with van der Waals surface area (Å²) in [5.41, 5.74) is 0. The van der Waals surface area contributed by atoms with Crippen molar-refractivity contribution in [2.24, 2.45) is 0 Å². The van der Waals surface area contributed by atoms with E-state index in [2.05, 4.69) is 0 Å². The average Bonchev–Trinajstić information content (AvgIpc) is 2.56. The highest BCUT2D eigenvalue weighted by atomic mass is 32.2. The van der Waals surface area contributed by atoms with Crippen molar-refractivity contribution < 1.29 is 14.6 Å². The number of carboxylic acid groups (broad SMARTS) is 1. The van der Waals surface area contributed by atoms with Crippen molar-refractivity contribution in [3.8, 4) is 0 Å². The zero-order valence-corrected chi connectivity index (χ0v) is 9.60. The lowest BCUT2D eigenvalue weighted by Crippen LogP contribution is -2.28. The molecule has 1 unspecified atom stereocenters. The normalized spacial score (nSPS) is 22.6. The molecule has 0 saturated carbocycles. The van der Waals surface area contributed by atoms with E-state index in [9.17, 15) is 4.79 Å². The van der Waals surface area contributed by atoms with E-state index in [1.807, 2.05) is 0 Å². The molecule has 0 bridgehead atoms. The highest BCUT2D eigenvalue weighted by Crippen LogP contribution is 2.27. The van der Waals surface area contributed by atoms with Crippen LogP contribution in [0.3, 0.4) is 0 Å². The summed E-state index contributed by atoms with van der Waals surface area (Å²) in [5.74, 6) is 0.124. The van der Waals surface area contributed by atoms with Crippen LogP contribution in [0.5, 0.6) is 0 Å². The lowest BCUT2D eigenvalue weighted by Gasteiger charge is -2.19. The minimum absolute atomic E-state index is 0.368. The van der Waals surface area contributed by atoms with E-state index >= 15 is 0 Å². The van der Waals surface area contributed by atoms with Crippen LogP contribution in [-0.2, 0) is 9.53 Å². The first kappa shape index (κ1) is 11.9. The number of carboxylic acids is 1. The third-order valence-corrected chi connectivity index (χ3v) is 3.78. The summed E-state index contributed by atoms with van der Waals surface area (Å²) in [6.45, 7) is 4.36. The molecule has 1 aliphatic heterocycles. The molecule has 1 rings (SSSR count). The molecule has 82 valence electrons. The predicted molar refractivity (Wildman–Crippen MR) is 57.8 cm³/mol. The third kappa shape index (κ3) is 3.50. The lowest BCUT2D eigenvalue weighted by atomic mass is 10.2. The lowest BCUT2D eigenvalue weighted by molar-refractivity contribution is -0.138. The van der Waals surface area contributed by atoms with Crippen LogP contribution < -0.4 is 0 Å². The summed E-state index contributed by atoms with van der Waals surface area (Å²) >= 11 is 1.49. The summed E-state index contributed by atoms with van der Waals surface area (Å²) < 4.78 is 4.80. The molecule has 1 N–H and O–H groups in total. The second kappa shape index (κ2) is 5.03. The molecule has 3 nitrogen and oxygen atoms in total. The zero-order chi connectivity index (χ0) is 10.6. The first-order valence-corrected chi connectivity index (χ1v) is 6.00. The highest BCUT2D eigenvalue weighted by Gasteiger charge is 2.28. The molecule has 0 amide bonds. The highest BCUT2D eigenvalue weighted by molar-refractivity contribution is 8.01. The molecule has 0 radical (unpaired) electrons. The van der Waals surface area contributed by atoms with Crippen LogP contribution in [0.1, 0.15) is 33.1 Å². The second-order valence-corrected chi connectivity index (χ2v) is 5.81. The Kier molecular flexibility index (Phi) is 4.26. The summed E-state index contributed by atoms with van der Waals surface area (Å²) in [6, 6.07) is 0. The fraction of sp³-hybridized carbons (Fsp3) is 0.900. The summed E-state index contributed by atoms with van der Waals surface area (Å²) in [5, 5.41) is 8.88. The van der Waals surface area contributed by atoms with Gasteiger partial charge in [0.2, 0.25) is 0 Å². The quantitative estimate of drug-likeness (QED) is 0.768. The number of hydrogen-bond acceptors (Lipinski definition) is 3. The molecule has 0 aromatic heterocycles. The number of carbonyl (C=O) groups is 1. The molecule has 1 aliphatic rings. The van der Waals surface area contributed by atoms with E-state index in [-0.39, 0.29) is 0 Å². The van der Waals surface area contributed by atoms with Crippen LogP contribution in [-0.4, -0.2) is 34.3 Å². The van der Waals surface area contributed by atoms with Gasteiger partial charge in [-0.2, -0.15) is 0 Å². The van der Waals surface area contributed by atoms with Crippen molar-refractivity contribution in [1.82, 2.24) is 0 Å². The van der Waals surface area contributed by atoms with Crippen LogP contribution in [0, 0.1) is 0 Å². The van der Waals surface area contributed by atoms with Gasteiger partial charge >= 0.3 is 5.97 Å². The minimum Gasteiger partial charge on any atom is -0.480 e. The van der Waals surface area contributed by atoms with Crippen LogP contribution >= 0.6 is 11.8 Å². The van der Waals surface area contributed by atoms with Crippen molar-refractivity contribution in [1.29, 1.82) is 0 Å². The van der Waals surface area contributed by atoms with Crippen molar-refractivity contribution >= 4 is 17.7 Å². The minimum atomic E-state index is -0.741. The zero-order valence-electron chi connectivity index (χ0n) is 8.78. The van der Waals surface area contributed by atoms with Crippen molar-refractivity contribution in [3.63, 3.8) is 0 Å². The first-order valence-electron chi connectivity index (χ1n) is 5.01. The van der Waals surface area contributed by atoms with Gasteiger partial charge in [-0.1, -0.05) is 0 Å². The van der Waals surface area contributed by atoms with Gasteiger partial charge in [-0.05, 0) is 38.9 Å². The van der Waals surface area contributed by atoms with Crippen molar-refractivity contribution in [2.45, 2.75) is 44.0 Å². The number of hydrogen-bond donors (Lipinski definition) is 1. The number of rotatable bonds is 5. The predicted octanol–water partition coefficient (Wildman–Crippen LogP) is 2.15. The fourth-order valence-corrected chi connectivity index (χ4v) is 2.39. The molecular formula is C10H18O3S. The Bertz CT molecular complexity index is 198. The van der Waals surface area contributed by atoms with Gasteiger partial charge in [0.05, 0.1) is 6.10 Å². The average molecular weight is 218 g/mol. The molecule has 0 aromatic carbocycles. The van der Waals surface area contributed by atoms with Crippen LogP contribution in [0.4, 0.5) is 0 Å². The Labute approximate surface area is 89.2 Å². The van der Waals surface area contributed by atoms with E-state index in [1.165, 1.54) is 11.8 Å².